The molecule has 3 unspecified atom stereocenters. The Morgan fingerprint density at radius 1 is 1.38 bits per heavy atom. The third kappa shape index (κ3) is 7.33. The number of allylic oxidation sites excluding steroid dienone is 1. The van der Waals surface area contributed by atoms with Crippen molar-refractivity contribution in [1.29, 1.82) is 0 Å². The summed E-state index contributed by atoms with van der Waals surface area (Å²) in [7, 11) is 0.958. The fourth-order valence-electron chi connectivity index (χ4n) is 2.58. The lowest BCUT2D eigenvalue weighted by Crippen LogP contribution is -2.51. The summed E-state index contributed by atoms with van der Waals surface area (Å²) in [5.74, 6) is -0.301. The number of thiol groups is 1. The van der Waals surface area contributed by atoms with Crippen molar-refractivity contribution in [3.05, 3.63) is 46.5 Å². The first-order chi connectivity index (χ1) is 15.5. The number of hydrogen-bond donors (Lipinski definition) is 5. The largest absolute Gasteiger partial charge is 0.394 e. The van der Waals surface area contributed by atoms with Gasteiger partial charge in [0.15, 0.2) is 5.13 Å². The van der Waals surface area contributed by atoms with E-state index in [-0.39, 0.29) is 12.2 Å². The highest BCUT2D eigenvalue weighted by atomic mass is 33.1. The predicted octanol–water partition coefficient (Wildman–Crippen LogP) is 1.92. The average Bonchev–Trinajstić information content (AvgIpc) is 3.29. The van der Waals surface area contributed by atoms with Crippen LogP contribution in [-0.4, -0.2) is 73.4 Å². The van der Waals surface area contributed by atoms with E-state index >= 15 is 0 Å². The van der Waals surface area contributed by atoms with E-state index < -0.39 is 31.1 Å². The number of nitrogens with zero attached hydrogens (tertiary/aromatic N) is 4. The van der Waals surface area contributed by atoms with Gasteiger partial charge in [-0.05, 0) is 0 Å². The molecule has 1 aliphatic rings. The number of carbonyl (C=O) groups excluding carboxylic acids is 1. The number of hydrogen-bond acceptors (Lipinski definition) is 13. The number of nitrogens with one attached hydrogen (secondary N) is 1. The van der Waals surface area contributed by atoms with E-state index in [0.717, 1.165) is 22.1 Å². The second kappa shape index (κ2) is 13.6. The van der Waals surface area contributed by atoms with Crippen LogP contribution in [-0.2, 0) is 4.74 Å². The molecular weight excluding hydrogens is 474 g/mol. The summed E-state index contributed by atoms with van der Waals surface area (Å²) in [6, 6.07) is 0. The second-order valence-electron chi connectivity index (χ2n) is 6.14. The topological polar surface area (TPSA) is 150 Å². The highest BCUT2D eigenvalue weighted by molar-refractivity contribution is 8.70. The fraction of sp³-hybridized carbons (Fsp3) is 0.421. The number of Topliss-reactive ketones (excluding diaryl/α,β-unsaturated/α-hetero) is 1. The molecule has 0 spiro atoms. The van der Waals surface area contributed by atoms with Gasteiger partial charge < -0.3 is 25.4 Å². The van der Waals surface area contributed by atoms with Crippen LogP contribution in [0.15, 0.2) is 40.9 Å². The van der Waals surface area contributed by atoms with Gasteiger partial charge in [-0.3, -0.25) is 19.8 Å². The molecule has 3 heterocycles. The minimum absolute atomic E-state index is 0.106. The first kappa shape index (κ1) is 26.4. The molecule has 32 heavy (non-hydrogen) atoms. The van der Waals surface area contributed by atoms with Crippen LogP contribution < -0.4 is 5.32 Å². The Hall–Kier alpha value is -1.87. The normalized spacial score (nSPS) is 23.5. The Morgan fingerprint density at radius 3 is 2.81 bits per heavy atom. The lowest BCUT2D eigenvalue weighted by atomic mass is 10.0. The van der Waals surface area contributed by atoms with Crippen LogP contribution in [0.1, 0.15) is 35.6 Å². The number of rotatable bonds is 8. The van der Waals surface area contributed by atoms with Gasteiger partial charge >= 0.3 is 0 Å². The third-order valence-electron chi connectivity index (χ3n) is 4.07. The molecule has 174 valence electrons. The lowest BCUT2D eigenvalue weighted by Gasteiger charge is -2.36. The minimum atomic E-state index is -1.16. The van der Waals surface area contributed by atoms with Crippen LogP contribution in [0, 0.1) is 0 Å². The maximum absolute atomic E-state index is 12.7. The third-order valence-corrected chi connectivity index (χ3v) is 6.07. The first-order valence-corrected chi connectivity index (χ1v) is 12.4. The van der Waals surface area contributed by atoms with Gasteiger partial charge in [-0.2, -0.15) is 0 Å². The van der Waals surface area contributed by atoms with E-state index in [0.29, 0.717) is 20.6 Å². The molecule has 4 atom stereocenters. The van der Waals surface area contributed by atoms with Gasteiger partial charge in [-0.15, -0.1) is 11.7 Å². The smallest absolute Gasteiger partial charge is 0.213 e. The van der Waals surface area contributed by atoms with Crippen molar-refractivity contribution >= 4 is 50.9 Å². The van der Waals surface area contributed by atoms with Crippen molar-refractivity contribution in [2.75, 3.05) is 11.9 Å². The monoisotopic (exact) mass is 499 g/mol. The molecule has 0 aromatic carbocycles. The zero-order valence-electron chi connectivity index (χ0n) is 17.4. The summed E-state index contributed by atoms with van der Waals surface area (Å²) in [6.45, 7) is 3.57. The standard InChI is InChI=1S/C17H19N5O5S3.C2H6/c23-8-11-15(25)10(24)3-14(27-11)22-17-21-7-12(29-17)16(26)13(30-28)6-19-5-9-4-18-1-2-20-9;1-2/h1-2,4-7,10-11,14-15,23-25,28H,3,8H2,(H,21,22);1-2H3/b13-6-,19-5?;/t10?,11?,14-,15?;/m0./s1. The van der Waals surface area contributed by atoms with Gasteiger partial charge in [-0.1, -0.05) is 36.0 Å². The van der Waals surface area contributed by atoms with Gasteiger partial charge in [0.2, 0.25) is 5.78 Å². The molecule has 0 bridgehead atoms. The molecule has 1 aliphatic heterocycles. The number of ether oxygens (including phenoxy) is 1. The number of aliphatic hydroxyl groups is 3. The number of ketones is 1. The van der Waals surface area contributed by atoms with Crippen molar-refractivity contribution < 1.29 is 24.9 Å². The number of aromatic nitrogens is 3. The molecule has 0 radical (unpaired) electrons. The molecule has 0 aliphatic carbocycles. The predicted molar refractivity (Wildman–Crippen MR) is 128 cm³/mol. The van der Waals surface area contributed by atoms with E-state index in [1.165, 1.54) is 24.8 Å². The van der Waals surface area contributed by atoms with Crippen LogP contribution in [0.4, 0.5) is 5.13 Å². The van der Waals surface area contributed by atoms with E-state index in [2.05, 4.69) is 36.9 Å². The first-order valence-electron chi connectivity index (χ1n) is 9.72. The Balaban J connectivity index is 0.00000176. The Bertz CT molecular complexity index is 912. The average molecular weight is 500 g/mol. The molecule has 13 heteroatoms. The van der Waals surface area contributed by atoms with Crippen molar-refractivity contribution in [3.8, 4) is 0 Å². The SMILES string of the molecule is CC.O=C(/C(=C/N=Cc1cnccn1)SS)c1cnc(N[C@@H]2CC(O)C(O)C(CO)O2)s1. The summed E-state index contributed by atoms with van der Waals surface area (Å²) in [6.07, 6.45) is 5.22. The van der Waals surface area contributed by atoms with Gasteiger partial charge in [0.25, 0.3) is 0 Å². The molecule has 2 aromatic rings. The lowest BCUT2D eigenvalue weighted by molar-refractivity contribution is -0.172. The molecule has 10 nitrogen and oxygen atoms in total. The number of carbonyl (C=O) groups is 1. The van der Waals surface area contributed by atoms with Crippen molar-refractivity contribution in [2.45, 2.75) is 44.8 Å². The Morgan fingerprint density at radius 2 is 2.16 bits per heavy atom. The molecule has 3 rings (SSSR count). The summed E-state index contributed by atoms with van der Waals surface area (Å²) in [5, 5.41) is 32.3. The number of anilines is 1. The van der Waals surface area contributed by atoms with Crippen molar-refractivity contribution in [2.24, 2.45) is 4.99 Å². The van der Waals surface area contributed by atoms with Gasteiger partial charge in [0, 0.05) is 25.0 Å². The molecule has 4 N–H and O–H groups in total. The number of aliphatic hydroxyl groups excluding tert-OH is 3. The highest BCUT2D eigenvalue weighted by Crippen LogP contribution is 2.29. The van der Waals surface area contributed by atoms with E-state index in [1.54, 1.807) is 12.4 Å². The minimum Gasteiger partial charge on any atom is -0.394 e. The quantitative estimate of drug-likeness (QED) is 0.120. The van der Waals surface area contributed by atoms with Crippen LogP contribution in [0.25, 0.3) is 0 Å². The maximum atomic E-state index is 12.7. The summed E-state index contributed by atoms with van der Waals surface area (Å²) in [4.78, 5) is 29.6. The van der Waals surface area contributed by atoms with E-state index in [1.807, 2.05) is 13.8 Å². The van der Waals surface area contributed by atoms with Gasteiger partial charge in [-0.25, -0.2) is 4.98 Å². The van der Waals surface area contributed by atoms with Gasteiger partial charge in [0.1, 0.15) is 18.4 Å². The molecule has 1 fully saturated rings. The maximum Gasteiger partial charge on any atom is 0.213 e. The molecule has 1 saturated heterocycles. The zero-order valence-corrected chi connectivity index (χ0v) is 19.9. The summed E-state index contributed by atoms with van der Waals surface area (Å²) >= 11 is 5.21. The summed E-state index contributed by atoms with van der Waals surface area (Å²) < 4.78 is 5.51. The van der Waals surface area contributed by atoms with E-state index in [9.17, 15) is 20.1 Å². The molecule has 0 saturated carbocycles. The second-order valence-corrected chi connectivity index (χ2v) is 8.34. The van der Waals surface area contributed by atoms with Crippen molar-refractivity contribution in [3.63, 3.8) is 0 Å². The van der Waals surface area contributed by atoms with Gasteiger partial charge in [0.05, 0.1) is 46.8 Å². The molecule has 0 amide bonds. The van der Waals surface area contributed by atoms with E-state index in [4.69, 9.17) is 4.74 Å². The van der Waals surface area contributed by atoms with Crippen LogP contribution in [0.2, 0.25) is 0 Å². The van der Waals surface area contributed by atoms with Crippen LogP contribution in [0.5, 0.6) is 0 Å². The molecular formula is C19H25N5O5S3. The Kier molecular flexibility index (Phi) is 11.2. The number of aliphatic imine (C=N–C) groups is 1. The Labute approximate surface area is 198 Å². The van der Waals surface area contributed by atoms with Crippen LogP contribution in [0.3, 0.4) is 0 Å². The number of thiazole rings is 1. The summed E-state index contributed by atoms with van der Waals surface area (Å²) in [5.41, 5.74) is 0.551. The molecule has 2 aromatic heterocycles. The zero-order chi connectivity index (χ0) is 23.5. The highest BCUT2D eigenvalue weighted by Gasteiger charge is 2.36. The van der Waals surface area contributed by atoms with Crippen molar-refractivity contribution in [1.82, 2.24) is 15.0 Å². The van der Waals surface area contributed by atoms with Crippen LogP contribution >= 0.6 is 33.8 Å². The fourth-order valence-corrected chi connectivity index (χ4v) is 4.15.